The molecule has 1 aromatic rings. The molecule has 26 heavy (non-hydrogen) atoms. The number of nitrogens with one attached hydrogen (secondary N) is 2. The third-order valence-electron chi connectivity index (χ3n) is 6.77. The molecule has 0 aliphatic heterocycles. The predicted molar refractivity (Wildman–Crippen MR) is 98.8 cm³/mol. The first-order chi connectivity index (χ1) is 12.6. The third-order valence-corrected chi connectivity index (χ3v) is 6.77. The lowest BCUT2D eigenvalue weighted by Crippen LogP contribution is -2.36. The highest BCUT2D eigenvalue weighted by Crippen LogP contribution is 2.56. The van der Waals surface area contributed by atoms with Crippen LogP contribution in [0.3, 0.4) is 0 Å². The van der Waals surface area contributed by atoms with Gasteiger partial charge in [0.25, 0.3) is 5.91 Å². The molecular formula is C20H30N4O2. The lowest BCUT2D eigenvalue weighted by Gasteiger charge is -2.26. The second kappa shape index (κ2) is 7.05. The average Bonchev–Trinajstić information content (AvgIpc) is 3.09. The van der Waals surface area contributed by atoms with E-state index in [1.54, 1.807) is 18.1 Å². The number of fused-ring (bicyclic) bond motifs is 2. The first kappa shape index (κ1) is 17.6. The number of nitrogens with zero attached hydrogens (tertiary/aromatic N) is 2. The summed E-state index contributed by atoms with van der Waals surface area (Å²) in [5.41, 5.74) is 2.11. The monoisotopic (exact) mass is 358 g/mol. The molecule has 3 aliphatic carbocycles. The van der Waals surface area contributed by atoms with E-state index < -0.39 is 0 Å². The maximum absolute atomic E-state index is 12.6. The van der Waals surface area contributed by atoms with Crippen LogP contribution in [-0.2, 0) is 4.79 Å². The molecule has 1 heterocycles. The lowest BCUT2D eigenvalue weighted by molar-refractivity contribution is -0.121. The van der Waals surface area contributed by atoms with Crippen LogP contribution in [0.25, 0.3) is 0 Å². The van der Waals surface area contributed by atoms with Crippen molar-refractivity contribution in [2.45, 2.75) is 63.7 Å². The number of hydrogen-bond donors (Lipinski definition) is 2. The third kappa shape index (κ3) is 3.64. The minimum atomic E-state index is -0.0169. The highest BCUT2D eigenvalue weighted by molar-refractivity contribution is 5.95. The van der Waals surface area contributed by atoms with Gasteiger partial charge in [0, 0.05) is 32.5 Å². The first-order valence-corrected chi connectivity index (χ1v) is 10.1. The number of amides is 2. The van der Waals surface area contributed by atoms with E-state index in [-0.39, 0.29) is 11.8 Å². The Hall–Kier alpha value is -1.85. The number of aromatic nitrogens is 2. The van der Waals surface area contributed by atoms with Crippen molar-refractivity contribution >= 4 is 11.8 Å². The topological polar surface area (TPSA) is 78.1 Å². The molecule has 3 fully saturated rings. The number of likely N-dealkylation sites (N-methyl/N-ethyl adjacent to an activating group) is 1. The Morgan fingerprint density at radius 3 is 2.73 bits per heavy atom. The molecule has 6 nitrogen and oxygen atoms in total. The summed E-state index contributed by atoms with van der Waals surface area (Å²) in [5.74, 6) is 1.50. The molecule has 2 N–H and O–H groups in total. The maximum Gasteiger partial charge on any atom is 0.257 e. The second-order valence-corrected chi connectivity index (χ2v) is 8.70. The van der Waals surface area contributed by atoms with Crippen molar-refractivity contribution in [3.05, 3.63) is 17.5 Å². The zero-order chi connectivity index (χ0) is 18.1. The van der Waals surface area contributed by atoms with E-state index in [2.05, 4.69) is 15.5 Å². The van der Waals surface area contributed by atoms with Gasteiger partial charge in [0.05, 0.1) is 17.5 Å². The molecule has 1 aromatic heterocycles. The normalized spacial score (nSPS) is 26.9. The summed E-state index contributed by atoms with van der Waals surface area (Å²) < 4.78 is 0. The van der Waals surface area contributed by atoms with E-state index in [1.165, 1.54) is 32.1 Å². The number of hydrogen-bond acceptors (Lipinski definition) is 3. The van der Waals surface area contributed by atoms with Crippen molar-refractivity contribution in [2.24, 2.45) is 11.3 Å². The Kier molecular flexibility index (Phi) is 4.76. The maximum atomic E-state index is 12.6. The zero-order valence-electron chi connectivity index (χ0n) is 15.7. The standard InChI is InChI=1S/C20H30N4O2/c1-24(19(26)16-13-22-23-18(16)15-2-3-15)11-10-21-17(25)6-9-20-7-4-14(12-20)5-8-20/h13-15H,2-12H2,1H3,(H,21,25)(H,22,23). The molecule has 6 heteroatoms. The smallest absolute Gasteiger partial charge is 0.257 e. The second-order valence-electron chi connectivity index (χ2n) is 8.70. The van der Waals surface area contributed by atoms with E-state index in [1.807, 2.05) is 0 Å². The molecule has 0 spiro atoms. The Morgan fingerprint density at radius 2 is 2.08 bits per heavy atom. The fraction of sp³-hybridized carbons (Fsp3) is 0.750. The number of rotatable bonds is 8. The number of aromatic amines is 1. The average molecular weight is 358 g/mol. The van der Waals surface area contributed by atoms with Gasteiger partial charge in [0.15, 0.2) is 0 Å². The van der Waals surface area contributed by atoms with Crippen LogP contribution in [0.1, 0.15) is 79.8 Å². The molecule has 0 radical (unpaired) electrons. The number of carbonyl (C=O) groups excluding carboxylic acids is 2. The van der Waals surface area contributed by atoms with Gasteiger partial charge in [-0.2, -0.15) is 5.10 Å². The van der Waals surface area contributed by atoms with Crippen molar-refractivity contribution in [1.82, 2.24) is 20.4 Å². The molecule has 2 amide bonds. The molecule has 0 aromatic carbocycles. The molecular weight excluding hydrogens is 328 g/mol. The number of H-pyrrole nitrogens is 1. The fourth-order valence-corrected chi connectivity index (χ4v) is 4.95. The highest BCUT2D eigenvalue weighted by atomic mass is 16.2. The van der Waals surface area contributed by atoms with Gasteiger partial charge in [-0.25, -0.2) is 0 Å². The van der Waals surface area contributed by atoms with Crippen LogP contribution in [0.2, 0.25) is 0 Å². The highest BCUT2D eigenvalue weighted by Gasteiger charge is 2.44. The van der Waals surface area contributed by atoms with Gasteiger partial charge in [-0.3, -0.25) is 14.7 Å². The van der Waals surface area contributed by atoms with Gasteiger partial charge >= 0.3 is 0 Å². The van der Waals surface area contributed by atoms with Gasteiger partial charge in [0.2, 0.25) is 5.91 Å². The van der Waals surface area contributed by atoms with Crippen LogP contribution in [0.4, 0.5) is 0 Å². The van der Waals surface area contributed by atoms with E-state index in [0.29, 0.717) is 36.4 Å². The Balaban J connectivity index is 1.18. The largest absolute Gasteiger partial charge is 0.354 e. The molecule has 0 atom stereocenters. The molecule has 3 aliphatic rings. The summed E-state index contributed by atoms with van der Waals surface area (Å²) in [7, 11) is 1.79. The van der Waals surface area contributed by atoms with Crippen LogP contribution in [0.15, 0.2) is 6.20 Å². The van der Waals surface area contributed by atoms with Crippen molar-refractivity contribution in [1.29, 1.82) is 0 Å². The van der Waals surface area contributed by atoms with Gasteiger partial charge in [-0.05, 0) is 62.7 Å². The van der Waals surface area contributed by atoms with Crippen molar-refractivity contribution in [3.8, 4) is 0 Å². The molecule has 142 valence electrons. The van der Waals surface area contributed by atoms with E-state index in [4.69, 9.17) is 0 Å². The molecule has 2 bridgehead atoms. The summed E-state index contributed by atoms with van der Waals surface area (Å²) in [6.45, 7) is 1.03. The number of carbonyl (C=O) groups is 2. The van der Waals surface area contributed by atoms with E-state index in [0.717, 1.165) is 30.9 Å². The summed E-state index contributed by atoms with van der Waals surface area (Å²) in [6, 6.07) is 0. The van der Waals surface area contributed by atoms with Crippen LogP contribution < -0.4 is 5.32 Å². The SMILES string of the molecule is CN(CCNC(=O)CCC12CCC(CC1)C2)C(=O)c1cn[nH]c1C1CC1. The Morgan fingerprint density at radius 1 is 1.31 bits per heavy atom. The van der Waals surface area contributed by atoms with E-state index in [9.17, 15) is 9.59 Å². The van der Waals surface area contributed by atoms with Crippen LogP contribution in [0, 0.1) is 11.3 Å². The van der Waals surface area contributed by atoms with Crippen LogP contribution >= 0.6 is 0 Å². The summed E-state index contributed by atoms with van der Waals surface area (Å²) >= 11 is 0. The Bertz CT molecular complexity index is 671. The van der Waals surface area contributed by atoms with Crippen molar-refractivity contribution < 1.29 is 9.59 Å². The lowest BCUT2D eigenvalue weighted by atomic mass is 9.80. The molecule has 4 rings (SSSR count). The van der Waals surface area contributed by atoms with Gasteiger partial charge in [-0.15, -0.1) is 0 Å². The van der Waals surface area contributed by atoms with Crippen LogP contribution in [0.5, 0.6) is 0 Å². The zero-order valence-corrected chi connectivity index (χ0v) is 15.7. The quantitative estimate of drug-likeness (QED) is 0.750. The van der Waals surface area contributed by atoms with Crippen molar-refractivity contribution in [3.63, 3.8) is 0 Å². The summed E-state index contributed by atoms with van der Waals surface area (Å²) in [6.07, 6.45) is 12.2. The first-order valence-electron chi connectivity index (χ1n) is 10.1. The van der Waals surface area contributed by atoms with Gasteiger partial charge in [-0.1, -0.05) is 0 Å². The van der Waals surface area contributed by atoms with Crippen LogP contribution in [-0.4, -0.2) is 47.0 Å². The minimum Gasteiger partial charge on any atom is -0.354 e. The molecule has 0 unspecified atom stereocenters. The molecule has 0 saturated heterocycles. The fourth-order valence-electron chi connectivity index (χ4n) is 4.95. The Labute approximate surface area is 155 Å². The summed E-state index contributed by atoms with van der Waals surface area (Å²) in [4.78, 5) is 26.4. The predicted octanol–water partition coefficient (Wildman–Crippen LogP) is 2.84. The van der Waals surface area contributed by atoms with E-state index >= 15 is 0 Å². The van der Waals surface area contributed by atoms with Gasteiger partial charge in [0.1, 0.15) is 0 Å². The minimum absolute atomic E-state index is 0.0169. The summed E-state index contributed by atoms with van der Waals surface area (Å²) in [5, 5.41) is 9.99. The van der Waals surface area contributed by atoms with Crippen molar-refractivity contribution in [2.75, 3.05) is 20.1 Å². The molecule has 3 saturated carbocycles. The van der Waals surface area contributed by atoms with Gasteiger partial charge < -0.3 is 10.2 Å².